The Balaban J connectivity index is 1.48. The zero-order chi connectivity index (χ0) is 19.6. The van der Waals surface area contributed by atoms with Crippen LogP contribution in [-0.4, -0.2) is 38.9 Å². The topological polar surface area (TPSA) is 84.8 Å². The van der Waals surface area contributed by atoms with E-state index in [0.717, 1.165) is 12.8 Å². The minimum atomic E-state index is -0.509. The normalized spacial score (nSPS) is 16.1. The zero-order valence-electron chi connectivity index (χ0n) is 15.0. The maximum absolute atomic E-state index is 13.3. The Morgan fingerprint density at radius 2 is 2.07 bits per heavy atom. The van der Waals surface area contributed by atoms with Gasteiger partial charge in [0, 0.05) is 31.2 Å². The van der Waals surface area contributed by atoms with Gasteiger partial charge in [0.25, 0.3) is 0 Å². The molecule has 4 rings (SSSR count). The number of rotatable bonds is 5. The fourth-order valence-electron chi connectivity index (χ4n) is 3.49. The number of H-pyrrole nitrogens is 1. The molecule has 1 amide bonds. The lowest BCUT2D eigenvalue weighted by molar-refractivity contribution is -0.119. The molecule has 2 aromatic heterocycles. The van der Waals surface area contributed by atoms with Gasteiger partial charge in [0.2, 0.25) is 11.9 Å². The van der Waals surface area contributed by atoms with E-state index in [1.54, 1.807) is 0 Å². The lowest BCUT2D eigenvalue weighted by atomic mass is 9.86. The molecule has 7 nitrogen and oxygen atoms in total. The number of nitrogens with zero attached hydrogens (tertiary/aromatic N) is 3. The summed E-state index contributed by atoms with van der Waals surface area (Å²) in [7, 11) is 0. The predicted molar refractivity (Wildman–Crippen MR) is 102 cm³/mol. The van der Waals surface area contributed by atoms with Crippen molar-refractivity contribution in [2.45, 2.75) is 24.8 Å². The monoisotopic (exact) mass is 403 g/mol. The van der Waals surface area contributed by atoms with Crippen LogP contribution in [-0.2, 0) is 15.1 Å². The molecule has 0 atom stereocenters. The van der Waals surface area contributed by atoms with Gasteiger partial charge in [0.1, 0.15) is 5.82 Å². The third kappa shape index (κ3) is 3.79. The minimum absolute atomic E-state index is 0.00679. The van der Waals surface area contributed by atoms with Gasteiger partial charge in [-0.05, 0) is 43.2 Å². The molecule has 0 saturated carbocycles. The van der Waals surface area contributed by atoms with Crippen molar-refractivity contribution in [1.29, 1.82) is 0 Å². The third-order valence-electron chi connectivity index (χ3n) is 4.99. The summed E-state index contributed by atoms with van der Waals surface area (Å²) in [5.74, 6) is -0.137. The van der Waals surface area contributed by atoms with Crippen molar-refractivity contribution in [2.24, 2.45) is 0 Å². The highest BCUT2D eigenvalue weighted by molar-refractivity contribution is 6.31. The van der Waals surface area contributed by atoms with Crippen LogP contribution in [0.3, 0.4) is 0 Å². The van der Waals surface area contributed by atoms with Gasteiger partial charge < -0.3 is 9.30 Å². The first-order valence-corrected chi connectivity index (χ1v) is 9.32. The quantitative estimate of drug-likeness (QED) is 0.681. The lowest BCUT2D eigenvalue weighted by Gasteiger charge is -2.38. The van der Waals surface area contributed by atoms with Gasteiger partial charge in [-0.3, -0.25) is 15.2 Å². The molecule has 0 aliphatic carbocycles. The molecule has 0 bridgehead atoms. The van der Waals surface area contributed by atoms with E-state index in [9.17, 15) is 9.18 Å². The SMILES string of the molecule is O=C(CC1(n2cccc2)CCOCC1)Nc1n[nH]c(-c2ccc(F)c(Cl)c2)n1. The van der Waals surface area contributed by atoms with Gasteiger partial charge in [-0.2, -0.15) is 4.98 Å². The van der Waals surface area contributed by atoms with Crippen molar-refractivity contribution >= 4 is 23.5 Å². The molecule has 1 aromatic carbocycles. The molecular weight excluding hydrogens is 385 g/mol. The van der Waals surface area contributed by atoms with Crippen LogP contribution in [0, 0.1) is 5.82 Å². The molecule has 9 heteroatoms. The molecule has 0 spiro atoms. The van der Waals surface area contributed by atoms with Crippen molar-refractivity contribution in [3.05, 3.63) is 53.6 Å². The number of aromatic nitrogens is 4. The standard InChI is InChI=1S/C19H19ClFN5O2/c20-14-11-13(3-4-15(14)21)17-23-18(25-24-17)22-16(27)12-19(5-9-28-10-6-19)26-7-1-2-8-26/h1-4,7-8,11H,5-6,9-10,12H2,(H2,22,23,24,25,27). The molecule has 1 aliphatic rings. The number of hydrogen-bond acceptors (Lipinski definition) is 4. The molecule has 146 valence electrons. The minimum Gasteiger partial charge on any atom is -0.381 e. The number of halogens is 2. The number of anilines is 1. The Morgan fingerprint density at radius 3 is 2.79 bits per heavy atom. The Labute approximate surface area is 165 Å². The van der Waals surface area contributed by atoms with E-state index < -0.39 is 5.82 Å². The van der Waals surface area contributed by atoms with Crippen LogP contribution in [0.25, 0.3) is 11.4 Å². The van der Waals surface area contributed by atoms with Gasteiger partial charge in [-0.25, -0.2) is 4.39 Å². The fourth-order valence-corrected chi connectivity index (χ4v) is 3.67. The van der Waals surface area contributed by atoms with Crippen molar-refractivity contribution in [1.82, 2.24) is 19.7 Å². The molecule has 28 heavy (non-hydrogen) atoms. The van der Waals surface area contributed by atoms with Crippen LogP contribution < -0.4 is 5.32 Å². The van der Waals surface area contributed by atoms with Gasteiger partial charge in [-0.1, -0.05) is 11.6 Å². The summed E-state index contributed by atoms with van der Waals surface area (Å²) >= 11 is 5.81. The Morgan fingerprint density at radius 1 is 1.32 bits per heavy atom. The van der Waals surface area contributed by atoms with Crippen LogP contribution in [0.2, 0.25) is 5.02 Å². The summed E-state index contributed by atoms with van der Waals surface area (Å²) in [5, 5.41) is 9.49. The second-order valence-electron chi connectivity index (χ2n) is 6.79. The zero-order valence-corrected chi connectivity index (χ0v) is 15.7. The molecule has 2 N–H and O–H groups in total. The highest BCUT2D eigenvalue weighted by Gasteiger charge is 2.36. The second-order valence-corrected chi connectivity index (χ2v) is 7.20. The first kappa shape index (κ1) is 18.6. The Kier molecular flexibility index (Phi) is 5.15. The smallest absolute Gasteiger partial charge is 0.249 e. The van der Waals surface area contributed by atoms with Gasteiger partial charge in [-0.15, -0.1) is 5.10 Å². The molecule has 0 unspecified atom stereocenters. The summed E-state index contributed by atoms with van der Waals surface area (Å²) in [6.45, 7) is 1.23. The maximum atomic E-state index is 13.3. The summed E-state index contributed by atoms with van der Waals surface area (Å²) in [6, 6.07) is 8.14. The van der Waals surface area contributed by atoms with Gasteiger partial charge in [0.05, 0.1) is 17.0 Å². The average molecular weight is 404 g/mol. The summed E-state index contributed by atoms with van der Waals surface area (Å²) in [4.78, 5) is 17.0. The number of nitrogens with one attached hydrogen (secondary N) is 2. The largest absolute Gasteiger partial charge is 0.381 e. The second kappa shape index (κ2) is 7.73. The maximum Gasteiger partial charge on any atom is 0.249 e. The fraction of sp³-hybridized carbons (Fsp3) is 0.316. The van der Waals surface area contributed by atoms with E-state index in [0.29, 0.717) is 24.6 Å². The average Bonchev–Trinajstić information content (AvgIpc) is 3.37. The van der Waals surface area contributed by atoms with Crippen molar-refractivity contribution in [3.8, 4) is 11.4 Å². The van der Waals surface area contributed by atoms with Crippen LogP contribution in [0.5, 0.6) is 0 Å². The number of aromatic amines is 1. The number of amides is 1. The summed E-state index contributed by atoms with van der Waals surface area (Å²) in [6.07, 6.45) is 5.74. The highest BCUT2D eigenvalue weighted by Crippen LogP contribution is 2.33. The third-order valence-corrected chi connectivity index (χ3v) is 5.28. The van der Waals surface area contributed by atoms with Crippen molar-refractivity contribution < 1.29 is 13.9 Å². The van der Waals surface area contributed by atoms with E-state index in [1.807, 2.05) is 24.5 Å². The first-order valence-electron chi connectivity index (χ1n) is 8.95. The Bertz CT molecular complexity index is 967. The van der Waals surface area contributed by atoms with Crippen LogP contribution in [0.1, 0.15) is 19.3 Å². The number of hydrogen-bond donors (Lipinski definition) is 2. The van der Waals surface area contributed by atoms with E-state index >= 15 is 0 Å². The van der Waals surface area contributed by atoms with Crippen LogP contribution >= 0.6 is 11.6 Å². The number of carbonyl (C=O) groups excluding carboxylic acids is 1. The van der Waals surface area contributed by atoms with Crippen LogP contribution in [0.15, 0.2) is 42.7 Å². The summed E-state index contributed by atoms with van der Waals surface area (Å²) < 4.78 is 20.9. The van der Waals surface area contributed by atoms with E-state index in [2.05, 4.69) is 25.1 Å². The molecule has 3 aromatic rings. The molecular formula is C19H19ClFN5O2. The summed E-state index contributed by atoms with van der Waals surface area (Å²) in [5.41, 5.74) is 0.253. The number of carbonyl (C=O) groups is 1. The number of ether oxygens (including phenoxy) is 1. The molecule has 1 aliphatic heterocycles. The van der Waals surface area contributed by atoms with Gasteiger partial charge >= 0.3 is 0 Å². The molecule has 3 heterocycles. The van der Waals surface area contributed by atoms with E-state index in [4.69, 9.17) is 16.3 Å². The number of benzene rings is 1. The van der Waals surface area contributed by atoms with E-state index in [1.165, 1.54) is 18.2 Å². The molecule has 1 saturated heterocycles. The van der Waals surface area contributed by atoms with E-state index in [-0.39, 0.29) is 28.8 Å². The van der Waals surface area contributed by atoms with Gasteiger partial charge in [0.15, 0.2) is 5.82 Å². The Hall–Kier alpha value is -2.71. The predicted octanol–water partition coefficient (Wildman–Crippen LogP) is 3.60. The van der Waals surface area contributed by atoms with Crippen molar-refractivity contribution in [2.75, 3.05) is 18.5 Å². The molecule has 1 fully saturated rings. The molecule has 0 radical (unpaired) electrons. The van der Waals surface area contributed by atoms with Crippen molar-refractivity contribution in [3.63, 3.8) is 0 Å². The first-order chi connectivity index (χ1) is 13.6. The lowest BCUT2D eigenvalue weighted by Crippen LogP contribution is -2.42. The highest BCUT2D eigenvalue weighted by atomic mass is 35.5. The van der Waals surface area contributed by atoms with Crippen LogP contribution in [0.4, 0.5) is 10.3 Å².